The van der Waals surface area contributed by atoms with E-state index in [-0.39, 0.29) is 18.3 Å². The highest BCUT2D eigenvalue weighted by molar-refractivity contribution is 6.42. The average molecular weight is 433 g/mol. The number of benzene rings is 1. The zero-order valence-corrected chi connectivity index (χ0v) is 16.5. The van der Waals surface area contributed by atoms with Crippen LogP contribution in [0.25, 0.3) is 0 Å². The average Bonchev–Trinajstić information content (AvgIpc) is 3.07. The van der Waals surface area contributed by atoms with E-state index < -0.39 is 0 Å². The van der Waals surface area contributed by atoms with E-state index in [1.807, 2.05) is 6.07 Å². The molecule has 0 aliphatic carbocycles. The number of hydrogen-bond acceptors (Lipinski definition) is 3. The zero-order chi connectivity index (χ0) is 18.8. The Hall–Kier alpha value is -1.73. The van der Waals surface area contributed by atoms with E-state index in [2.05, 4.69) is 15.5 Å². The van der Waals surface area contributed by atoms with Crippen LogP contribution in [0.2, 0.25) is 20.1 Å². The minimum Gasteiger partial charge on any atom is -0.306 e. The Morgan fingerprint density at radius 2 is 1.88 bits per heavy atom. The van der Waals surface area contributed by atoms with Crippen LogP contribution in [0.15, 0.2) is 30.6 Å². The van der Waals surface area contributed by atoms with Crippen LogP contribution in [-0.4, -0.2) is 25.5 Å². The molecule has 2 heterocycles. The first kappa shape index (κ1) is 19.0. The molecule has 0 atom stereocenters. The van der Waals surface area contributed by atoms with Crippen molar-refractivity contribution in [1.29, 1.82) is 0 Å². The van der Waals surface area contributed by atoms with Crippen LogP contribution >= 0.6 is 46.4 Å². The van der Waals surface area contributed by atoms with Crippen LogP contribution in [0.3, 0.4) is 0 Å². The second-order valence-electron chi connectivity index (χ2n) is 5.56. The predicted molar refractivity (Wildman–Crippen MR) is 103 cm³/mol. The Balaban J connectivity index is 1.68. The molecule has 0 spiro atoms. The van der Waals surface area contributed by atoms with Gasteiger partial charge in [-0.1, -0.05) is 52.5 Å². The third kappa shape index (κ3) is 4.32. The fraction of sp³-hybridized carbons (Fsp3) is 0.188. The maximum absolute atomic E-state index is 12.2. The molecule has 0 saturated heterocycles. The van der Waals surface area contributed by atoms with E-state index in [4.69, 9.17) is 46.4 Å². The lowest BCUT2D eigenvalue weighted by molar-refractivity contribution is -0.117. The smallest absolute Gasteiger partial charge is 0.247 e. The first-order valence-corrected chi connectivity index (χ1v) is 8.99. The molecule has 0 aliphatic rings. The normalized spacial score (nSPS) is 11.0. The Morgan fingerprint density at radius 3 is 2.54 bits per heavy atom. The van der Waals surface area contributed by atoms with Gasteiger partial charge >= 0.3 is 0 Å². The minimum atomic E-state index is -0.311. The zero-order valence-electron chi connectivity index (χ0n) is 13.5. The Bertz CT molecular complexity index is 966. The third-order valence-electron chi connectivity index (χ3n) is 3.64. The molecule has 1 amide bonds. The molecule has 2 aromatic heterocycles. The summed E-state index contributed by atoms with van der Waals surface area (Å²) in [6, 6.07) is 5.30. The van der Waals surface area contributed by atoms with Crippen molar-refractivity contribution in [1.82, 2.24) is 19.6 Å². The van der Waals surface area contributed by atoms with Gasteiger partial charge in [0, 0.05) is 6.20 Å². The molecule has 26 heavy (non-hydrogen) atoms. The van der Waals surface area contributed by atoms with Crippen LogP contribution < -0.4 is 5.32 Å². The van der Waals surface area contributed by atoms with Crippen molar-refractivity contribution in [3.63, 3.8) is 0 Å². The van der Waals surface area contributed by atoms with Crippen LogP contribution in [0, 0.1) is 6.92 Å². The van der Waals surface area contributed by atoms with Crippen LogP contribution in [0.1, 0.15) is 11.3 Å². The highest BCUT2D eigenvalue weighted by Crippen LogP contribution is 2.24. The van der Waals surface area contributed by atoms with Gasteiger partial charge in [0.2, 0.25) is 5.91 Å². The lowest BCUT2D eigenvalue weighted by Crippen LogP contribution is -2.20. The van der Waals surface area contributed by atoms with E-state index in [0.717, 1.165) is 5.56 Å². The molecule has 0 fully saturated rings. The number of aromatic nitrogens is 4. The molecule has 1 aromatic carbocycles. The highest BCUT2D eigenvalue weighted by Gasteiger charge is 2.14. The van der Waals surface area contributed by atoms with E-state index >= 15 is 0 Å². The second kappa shape index (κ2) is 7.88. The van der Waals surface area contributed by atoms with Crippen LogP contribution in [-0.2, 0) is 17.9 Å². The van der Waals surface area contributed by atoms with Gasteiger partial charge in [0.1, 0.15) is 11.6 Å². The second-order valence-corrected chi connectivity index (χ2v) is 7.18. The molecule has 10 heteroatoms. The summed E-state index contributed by atoms with van der Waals surface area (Å²) in [6.45, 7) is 2.22. The van der Waals surface area contributed by atoms with E-state index in [1.165, 1.54) is 10.9 Å². The summed E-state index contributed by atoms with van der Waals surface area (Å²) >= 11 is 24.0. The fourth-order valence-electron chi connectivity index (χ4n) is 2.28. The van der Waals surface area contributed by atoms with Crippen molar-refractivity contribution in [3.8, 4) is 0 Å². The summed E-state index contributed by atoms with van der Waals surface area (Å²) in [6.07, 6.45) is 3.11. The van der Waals surface area contributed by atoms with Crippen molar-refractivity contribution in [2.75, 3.05) is 5.32 Å². The molecule has 0 bridgehead atoms. The molecule has 0 saturated carbocycles. The molecule has 0 unspecified atom stereocenters. The molecule has 0 aliphatic heterocycles. The first-order valence-electron chi connectivity index (χ1n) is 7.48. The summed E-state index contributed by atoms with van der Waals surface area (Å²) in [4.78, 5) is 12.2. The number of carbonyl (C=O) groups excluding carboxylic acids is 1. The highest BCUT2D eigenvalue weighted by atomic mass is 35.5. The van der Waals surface area contributed by atoms with Crippen molar-refractivity contribution in [2.45, 2.75) is 20.0 Å². The van der Waals surface area contributed by atoms with E-state index in [0.29, 0.717) is 32.3 Å². The van der Waals surface area contributed by atoms with Gasteiger partial charge in [-0.3, -0.25) is 14.2 Å². The molecule has 0 radical (unpaired) electrons. The molecule has 3 rings (SSSR count). The predicted octanol–water partition coefficient (Wildman–Crippen LogP) is 4.69. The van der Waals surface area contributed by atoms with Gasteiger partial charge in [0.05, 0.1) is 33.5 Å². The van der Waals surface area contributed by atoms with Crippen molar-refractivity contribution >= 4 is 58.1 Å². The molecule has 136 valence electrons. The Morgan fingerprint density at radius 1 is 1.12 bits per heavy atom. The van der Waals surface area contributed by atoms with Crippen LogP contribution in [0.4, 0.5) is 5.82 Å². The molecular weight excluding hydrogens is 420 g/mol. The van der Waals surface area contributed by atoms with Crippen molar-refractivity contribution in [3.05, 3.63) is 61.9 Å². The lowest BCUT2D eigenvalue weighted by Gasteiger charge is -2.05. The van der Waals surface area contributed by atoms with Crippen LogP contribution in [0.5, 0.6) is 0 Å². The van der Waals surface area contributed by atoms with Gasteiger partial charge in [0.15, 0.2) is 5.82 Å². The molecule has 6 nitrogen and oxygen atoms in total. The minimum absolute atomic E-state index is 0.00847. The number of hydrogen-bond donors (Lipinski definition) is 1. The van der Waals surface area contributed by atoms with Gasteiger partial charge in [-0.25, -0.2) is 0 Å². The summed E-state index contributed by atoms with van der Waals surface area (Å²) in [5, 5.41) is 12.8. The quantitative estimate of drug-likeness (QED) is 0.635. The molecule has 3 aromatic rings. The summed E-state index contributed by atoms with van der Waals surface area (Å²) in [5.74, 6) is -0.0396. The van der Waals surface area contributed by atoms with Crippen molar-refractivity contribution < 1.29 is 4.79 Å². The fourth-order valence-corrected chi connectivity index (χ4v) is 2.94. The van der Waals surface area contributed by atoms with Gasteiger partial charge in [-0.05, 0) is 24.6 Å². The standard InChI is InChI=1S/C16H13Cl4N5O/c1-9-13(19)5-21-25(9)8-15(26)22-16-14(20)7-24(23-16)6-10-2-3-11(17)12(18)4-10/h2-5,7H,6,8H2,1H3,(H,22,23,26). The summed E-state index contributed by atoms with van der Waals surface area (Å²) in [5.41, 5.74) is 1.61. The Labute approximate surface area is 169 Å². The number of amides is 1. The number of anilines is 1. The van der Waals surface area contributed by atoms with E-state index in [9.17, 15) is 4.79 Å². The third-order valence-corrected chi connectivity index (χ3v) is 5.03. The number of nitrogens with one attached hydrogen (secondary N) is 1. The lowest BCUT2D eigenvalue weighted by atomic mass is 10.2. The maximum Gasteiger partial charge on any atom is 0.247 e. The monoisotopic (exact) mass is 431 g/mol. The first-order chi connectivity index (χ1) is 12.3. The largest absolute Gasteiger partial charge is 0.306 e. The number of rotatable bonds is 5. The van der Waals surface area contributed by atoms with Gasteiger partial charge in [0.25, 0.3) is 0 Å². The SMILES string of the molecule is Cc1c(Cl)cnn1CC(=O)Nc1nn(Cc2ccc(Cl)c(Cl)c2)cc1Cl. The molecular formula is C16H13Cl4N5O. The number of carbonyl (C=O) groups is 1. The van der Waals surface area contributed by atoms with Crippen molar-refractivity contribution in [2.24, 2.45) is 0 Å². The van der Waals surface area contributed by atoms with Gasteiger partial charge in [-0.2, -0.15) is 10.2 Å². The van der Waals surface area contributed by atoms with Gasteiger partial charge in [-0.15, -0.1) is 0 Å². The number of halogens is 4. The van der Waals surface area contributed by atoms with Gasteiger partial charge < -0.3 is 5.32 Å². The maximum atomic E-state index is 12.2. The molecule has 1 N–H and O–H groups in total. The topological polar surface area (TPSA) is 64.7 Å². The summed E-state index contributed by atoms with van der Waals surface area (Å²) < 4.78 is 3.10. The van der Waals surface area contributed by atoms with E-state index in [1.54, 1.807) is 29.9 Å². The summed E-state index contributed by atoms with van der Waals surface area (Å²) in [7, 11) is 0. The number of nitrogens with zero attached hydrogens (tertiary/aromatic N) is 4. The Kier molecular flexibility index (Phi) is 5.77.